The monoisotopic (exact) mass is 281 g/mol. The quantitative estimate of drug-likeness (QED) is 0.794. The van der Waals surface area contributed by atoms with E-state index in [1.807, 2.05) is 30.3 Å². The molecule has 21 heavy (non-hydrogen) atoms. The third-order valence-corrected chi connectivity index (χ3v) is 4.39. The number of hydrogen-bond acceptors (Lipinski definition) is 4. The molecule has 0 radical (unpaired) electrons. The minimum Gasteiger partial charge on any atom is -0.497 e. The number of methoxy groups -OCH3 is 1. The Morgan fingerprint density at radius 1 is 1.38 bits per heavy atom. The Hall–Kier alpha value is -2.20. The molecule has 1 spiro atoms. The van der Waals surface area contributed by atoms with Gasteiger partial charge in [-0.3, -0.25) is 9.78 Å². The highest BCUT2D eigenvalue weighted by molar-refractivity contribution is 6.07. The lowest BCUT2D eigenvalue weighted by molar-refractivity contribution is 0.0849. The van der Waals surface area contributed by atoms with Gasteiger partial charge in [-0.2, -0.15) is 0 Å². The molecule has 0 saturated carbocycles. The highest BCUT2D eigenvalue weighted by Gasteiger charge is 2.64. The average Bonchev–Trinajstić information content (AvgIpc) is 3.27. The van der Waals surface area contributed by atoms with Crippen molar-refractivity contribution < 1.29 is 14.3 Å². The smallest absolute Gasteiger partial charge is 0.198 e. The second kappa shape index (κ2) is 4.40. The average molecular weight is 281 g/mol. The van der Waals surface area contributed by atoms with Gasteiger partial charge in [-0.05, 0) is 36.6 Å². The molecule has 0 bridgehead atoms. The van der Waals surface area contributed by atoms with Crippen LogP contribution in [0.1, 0.15) is 34.0 Å². The molecule has 1 saturated heterocycles. The number of aromatic nitrogens is 1. The number of fused-ring (bicyclic) bond motifs is 1. The molecule has 106 valence electrons. The van der Waals surface area contributed by atoms with Crippen LogP contribution in [-0.2, 0) is 11.2 Å². The van der Waals surface area contributed by atoms with Crippen LogP contribution in [-0.4, -0.2) is 23.5 Å². The summed E-state index contributed by atoms with van der Waals surface area (Å²) in [6.45, 7) is 0. The predicted octanol–water partition coefficient (Wildman–Crippen LogP) is 2.73. The van der Waals surface area contributed by atoms with Crippen LogP contribution in [0.25, 0.3) is 0 Å². The molecular formula is C17H15NO3. The Kier molecular flexibility index (Phi) is 2.62. The molecule has 4 rings (SSSR count). The predicted molar refractivity (Wildman–Crippen MR) is 76.4 cm³/mol. The Morgan fingerprint density at radius 3 is 3.05 bits per heavy atom. The normalized spacial score (nSPS) is 26.5. The van der Waals surface area contributed by atoms with Gasteiger partial charge < -0.3 is 9.47 Å². The van der Waals surface area contributed by atoms with Crippen LogP contribution in [0, 0.1) is 0 Å². The summed E-state index contributed by atoms with van der Waals surface area (Å²) in [5.74, 6) is 0.772. The number of hydrogen-bond donors (Lipinski definition) is 0. The summed E-state index contributed by atoms with van der Waals surface area (Å²) in [7, 11) is 1.61. The first-order chi connectivity index (χ1) is 10.2. The van der Waals surface area contributed by atoms with Gasteiger partial charge in [0.15, 0.2) is 11.4 Å². The summed E-state index contributed by atoms with van der Waals surface area (Å²) >= 11 is 0. The van der Waals surface area contributed by atoms with E-state index in [0.29, 0.717) is 5.75 Å². The number of nitrogens with zero attached hydrogens (tertiary/aromatic N) is 1. The minimum absolute atomic E-state index is 0.0662. The van der Waals surface area contributed by atoms with Crippen LogP contribution in [0.5, 0.6) is 5.75 Å². The zero-order valence-electron chi connectivity index (χ0n) is 11.7. The molecule has 4 heteroatoms. The molecule has 2 heterocycles. The third-order valence-electron chi connectivity index (χ3n) is 4.39. The number of ether oxygens (including phenoxy) is 2. The summed E-state index contributed by atoms with van der Waals surface area (Å²) in [4.78, 5) is 17.0. The number of carbonyl (C=O) groups is 1. The van der Waals surface area contributed by atoms with E-state index in [9.17, 15) is 4.79 Å². The fourth-order valence-electron chi connectivity index (χ4n) is 3.18. The van der Waals surface area contributed by atoms with E-state index in [1.54, 1.807) is 19.5 Å². The van der Waals surface area contributed by atoms with Gasteiger partial charge in [0.2, 0.25) is 0 Å². The van der Waals surface area contributed by atoms with Crippen molar-refractivity contribution in [1.82, 2.24) is 4.98 Å². The van der Waals surface area contributed by atoms with Crippen molar-refractivity contribution in [3.8, 4) is 5.75 Å². The molecule has 1 aliphatic heterocycles. The van der Waals surface area contributed by atoms with Crippen molar-refractivity contribution >= 4 is 5.78 Å². The lowest BCUT2D eigenvalue weighted by Crippen LogP contribution is -2.31. The van der Waals surface area contributed by atoms with Crippen LogP contribution >= 0.6 is 0 Å². The van der Waals surface area contributed by atoms with Crippen molar-refractivity contribution in [2.45, 2.75) is 24.5 Å². The van der Waals surface area contributed by atoms with Crippen molar-refractivity contribution in [1.29, 1.82) is 0 Å². The maximum Gasteiger partial charge on any atom is 0.198 e. The van der Waals surface area contributed by atoms with E-state index in [4.69, 9.17) is 9.47 Å². The maximum absolute atomic E-state index is 12.9. The van der Waals surface area contributed by atoms with E-state index in [0.717, 1.165) is 29.5 Å². The molecule has 1 aromatic carbocycles. The zero-order chi connectivity index (χ0) is 14.4. The molecule has 2 aliphatic rings. The van der Waals surface area contributed by atoms with E-state index in [1.165, 1.54) is 0 Å². The third kappa shape index (κ3) is 1.79. The molecule has 1 fully saturated rings. The topological polar surface area (TPSA) is 51.7 Å². The van der Waals surface area contributed by atoms with Crippen molar-refractivity contribution in [2.75, 3.05) is 7.11 Å². The van der Waals surface area contributed by atoms with Gasteiger partial charge in [-0.1, -0.05) is 12.1 Å². The van der Waals surface area contributed by atoms with Crippen LogP contribution in [0.15, 0.2) is 42.7 Å². The number of epoxide rings is 1. The Labute approximate surface area is 122 Å². The fourth-order valence-corrected chi connectivity index (χ4v) is 3.18. The SMILES string of the molecule is COc1ccc2c(c1)C(=O)[C@@]1(CC2)O[C@@H]1c1cccnc1. The van der Waals surface area contributed by atoms with Gasteiger partial charge in [0.25, 0.3) is 0 Å². The molecule has 1 aromatic heterocycles. The summed E-state index contributed by atoms with van der Waals surface area (Å²) in [5.41, 5.74) is 2.08. The van der Waals surface area contributed by atoms with Gasteiger partial charge in [0.05, 0.1) is 7.11 Å². The molecule has 2 atom stereocenters. The lowest BCUT2D eigenvalue weighted by atomic mass is 9.79. The fraction of sp³-hybridized carbons (Fsp3) is 0.294. The number of aryl methyl sites for hydroxylation is 1. The molecule has 2 aromatic rings. The van der Waals surface area contributed by atoms with Gasteiger partial charge in [0, 0.05) is 23.5 Å². The van der Waals surface area contributed by atoms with Crippen LogP contribution in [0.2, 0.25) is 0 Å². The first-order valence-corrected chi connectivity index (χ1v) is 7.04. The van der Waals surface area contributed by atoms with Crippen molar-refractivity contribution in [2.24, 2.45) is 0 Å². The molecule has 0 amide bonds. The summed E-state index contributed by atoms with van der Waals surface area (Å²) in [6.07, 6.45) is 4.90. The Morgan fingerprint density at radius 2 is 2.29 bits per heavy atom. The van der Waals surface area contributed by atoms with E-state index >= 15 is 0 Å². The second-order valence-corrected chi connectivity index (χ2v) is 5.53. The van der Waals surface area contributed by atoms with E-state index in [2.05, 4.69) is 4.98 Å². The highest BCUT2D eigenvalue weighted by Crippen LogP contribution is 2.56. The number of rotatable bonds is 2. The molecule has 1 aliphatic carbocycles. The standard InChI is InChI=1S/C17H15NO3/c1-20-13-5-4-11-6-7-17(15(19)14(11)9-13)16(21-17)12-3-2-8-18-10-12/h2-5,8-10,16H,6-7H2,1H3/t16-,17-/m1/s1. The van der Waals surface area contributed by atoms with E-state index in [-0.39, 0.29) is 11.9 Å². The lowest BCUT2D eigenvalue weighted by Gasteiger charge is -2.21. The maximum atomic E-state index is 12.9. The molecule has 0 N–H and O–H groups in total. The second-order valence-electron chi connectivity index (χ2n) is 5.53. The van der Waals surface area contributed by atoms with Crippen molar-refractivity contribution in [3.63, 3.8) is 0 Å². The zero-order valence-corrected chi connectivity index (χ0v) is 11.7. The minimum atomic E-state index is -0.692. The van der Waals surface area contributed by atoms with Crippen LogP contribution < -0.4 is 4.74 Å². The largest absolute Gasteiger partial charge is 0.497 e. The summed E-state index contributed by atoms with van der Waals surface area (Å²) in [5, 5.41) is 0. The molecule has 4 nitrogen and oxygen atoms in total. The number of ketones is 1. The number of Topliss-reactive ketones (excluding diaryl/α,β-unsaturated/α-hetero) is 1. The number of benzene rings is 1. The number of pyridine rings is 1. The molecular weight excluding hydrogens is 266 g/mol. The van der Waals surface area contributed by atoms with Gasteiger partial charge in [0.1, 0.15) is 11.9 Å². The van der Waals surface area contributed by atoms with Gasteiger partial charge >= 0.3 is 0 Å². The Bertz CT molecular complexity index is 713. The molecule has 0 unspecified atom stereocenters. The van der Waals surface area contributed by atoms with Crippen LogP contribution in [0.3, 0.4) is 0 Å². The van der Waals surface area contributed by atoms with E-state index < -0.39 is 5.60 Å². The first kappa shape index (κ1) is 12.5. The first-order valence-electron chi connectivity index (χ1n) is 7.04. The highest BCUT2D eigenvalue weighted by atomic mass is 16.6. The van der Waals surface area contributed by atoms with Gasteiger partial charge in [-0.25, -0.2) is 0 Å². The summed E-state index contributed by atoms with van der Waals surface area (Å²) < 4.78 is 11.1. The number of carbonyl (C=O) groups excluding carboxylic acids is 1. The van der Waals surface area contributed by atoms with Gasteiger partial charge in [-0.15, -0.1) is 0 Å². The summed E-state index contributed by atoms with van der Waals surface area (Å²) in [6, 6.07) is 9.52. The van der Waals surface area contributed by atoms with Crippen molar-refractivity contribution in [3.05, 3.63) is 59.4 Å². The van der Waals surface area contributed by atoms with Crippen LogP contribution in [0.4, 0.5) is 0 Å². The Balaban J connectivity index is 1.70.